The number of nitrogens with zero attached hydrogens (tertiary/aromatic N) is 4. The van der Waals surface area contributed by atoms with E-state index >= 15 is 0 Å². The number of hydrogen-bond donors (Lipinski definition) is 2. The lowest BCUT2D eigenvalue weighted by atomic mass is 10.0. The van der Waals surface area contributed by atoms with Gasteiger partial charge in [-0.3, -0.25) is 0 Å². The number of imidazole rings is 1. The van der Waals surface area contributed by atoms with Gasteiger partial charge >= 0.3 is 11.9 Å². The second-order valence-electron chi connectivity index (χ2n) is 9.24. The lowest BCUT2D eigenvalue weighted by Gasteiger charge is -2.22. The lowest BCUT2D eigenvalue weighted by molar-refractivity contribution is 0.0599. The van der Waals surface area contributed by atoms with Gasteiger partial charge in [-0.05, 0) is 51.5 Å². The van der Waals surface area contributed by atoms with Gasteiger partial charge in [-0.2, -0.15) is 9.61 Å². The Morgan fingerprint density at radius 1 is 1.00 bits per heavy atom. The van der Waals surface area contributed by atoms with E-state index in [1.807, 2.05) is 39.8 Å². The molecule has 36 heavy (non-hydrogen) atoms. The van der Waals surface area contributed by atoms with Crippen molar-refractivity contribution in [2.24, 2.45) is 0 Å². The van der Waals surface area contributed by atoms with E-state index in [0.717, 1.165) is 0 Å². The molecule has 0 fully saturated rings. The maximum atomic E-state index is 12.1. The molecular formula is C27H27N5O4. The van der Waals surface area contributed by atoms with Crippen molar-refractivity contribution >= 4 is 35.7 Å². The SMILES string of the molecule is COC(=O)c1ccccc1/C=C/c1nc2nc(-c3ccccc3C(=O)O)c(NC(C)(C)C)n2nc1C. The molecule has 9 heteroatoms. The number of aromatic carboxylic acids is 1. The molecule has 4 aromatic rings. The molecule has 0 aliphatic rings. The zero-order valence-electron chi connectivity index (χ0n) is 20.7. The maximum Gasteiger partial charge on any atom is 0.338 e. The fourth-order valence-corrected chi connectivity index (χ4v) is 3.75. The van der Waals surface area contributed by atoms with Crippen LogP contribution in [0.1, 0.15) is 58.4 Å². The number of ether oxygens (including phenoxy) is 1. The molecule has 184 valence electrons. The van der Waals surface area contributed by atoms with Crippen molar-refractivity contribution in [2.45, 2.75) is 33.2 Å². The smallest absolute Gasteiger partial charge is 0.338 e. The van der Waals surface area contributed by atoms with Crippen molar-refractivity contribution in [1.29, 1.82) is 0 Å². The van der Waals surface area contributed by atoms with Crippen LogP contribution in [0, 0.1) is 6.92 Å². The molecule has 0 spiro atoms. The minimum atomic E-state index is -1.05. The summed E-state index contributed by atoms with van der Waals surface area (Å²) in [4.78, 5) is 33.4. The highest BCUT2D eigenvalue weighted by Gasteiger charge is 2.24. The van der Waals surface area contributed by atoms with Crippen molar-refractivity contribution in [1.82, 2.24) is 19.6 Å². The highest BCUT2D eigenvalue weighted by molar-refractivity contribution is 5.97. The number of rotatable bonds is 6. The van der Waals surface area contributed by atoms with Gasteiger partial charge in [0.2, 0.25) is 0 Å². The van der Waals surface area contributed by atoms with Crippen LogP contribution in [0.2, 0.25) is 0 Å². The average Bonchev–Trinajstić information content (AvgIpc) is 3.17. The number of carbonyl (C=O) groups is 2. The summed E-state index contributed by atoms with van der Waals surface area (Å²) in [6, 6.07) is 13.8. The Bertz CT molecular complexity index is 1500. The second-order valence-corrected chi connectivity index (χ2v) is 9.24. The minimum Gasteiger partial charge on any atom is -0.478 e. The van der Waals surface area contributed by atoms with Crippen molar-refractivity contribution in [3.05, 3.63) is 76.6 Å². The van der Waals surface area contributed by atoms with Crippen molar-refractivity contribution < 1.29 is 19.4 Å². The summed E-state index contributed by atoms with van der Waals surface area (Å²) < 4.78 is 6.46. The molecule has 0 aliphatic heterocycles. The Hall–Kier alpha value is -4.53. The zero-order chi connectivity index (χ0) is 26.0. The van der Waals surface area contributed by atoms with Gasteiger partial charge in [-0.25, -0.2) is 19.6 Å². The highest BCUT2D eigenvalue weighted by atomic mass is 16.5. The van der Waals surface area contributed by atoms with E-state index < -0.39 is 11.9 Å². The summed E-state index contributed by atoms with van der Waals surface area (Å²) >= 11 is 0. The maximum absolute atomic E-state index is 12.1. The van der Waals surface area contributed by atoms with E-state index in [2.05, 4.69) is 10.3 Å². The first-order chi connectivity index (χ1) is 17.1. The molecule has 0 unspecified atom stereocenters. The average molecular weight is 486 g/mol. The number of aryl methyl sites for hydroxylation is 1. The fraction of sp³-hybridized carbons (Fsp3) is 0.222. The third kappa shape index (κ3) is 4.95. The van der Waals surface area contributed by atoms with Gasteiger partial charge in [0.25, 0.3) is 5.78 Å². The molecule has 0 radical (unpaired) electrons. The number of hydrogen-bond acceptors (Lipinski definition) is 7. The Labute approximate surface area is 208 Å². The van der Waals surface area contributed by atoms with Gasteiger partial charge in [0, 0.05) is 11.1 Å². The van der Waals surface area contributed by atoms with Crippen LogP contribution in [0.3, 0.4) is 0 Å². The number of benzene rings is 2. The van der Waals surface area contributed by atoms with Crippen LogP contribution in [-0.2, 0) is 4.74 Å². The van der Waals surface area contributed by atoms with Gasteiger partial charge in [0.1, 0.15) is 5.69 Å². The van der Waals surface area contributed by atoms with Crippen LogP contribution in [0.5, 0.6) is 0 Å². The molecule has 2 aromatic carbocycles. The number of carbonyl (C=O) groups excluding carboxylic acids is 1. The molecule has 0 atom stereocenters. The van der Waals surface area contributed by atoms with E-state index in [4.69, 9.17) is 14.8 Å². The first kappa shape index (κ1) is 24.6. The van der Waals surface area contributed by atoms with E-state index in [9.17, 15) is 14.7 Å². The minimum absolute atomic E-state index is 0.133. The number of aromatic nitrogens is 4. The largest absolute Gasteiger partial charge is 0.478 e. The van der Waals surface area contributed by atoms with Crippen LogP contribution in [0.15, 0.2) is 48.5 Å². The Morgan fingerprint density at radius 3 is 2.33 bits per heavy atom. The van der Waals surface area contributed by atoms with Crippen molar-refractivity contribution in [3.63, 3.8) is 0 Å². The molecule has 4 rings (SSSR count). The molecule has 0 bridgehead atoms. The molecule has 2 aromatic heterocycles. The van der Waals surface area contributed by atoms with Gasteiger partial charge in [-0.1, -0.05) is 42.5 Å². The Morgan fingerprint density at radius 2 is 1.67 bits per heavy atom. The monoisotopic (exact) mass is 485 g/mol. The number of carboxylic acids is 1. The quantitative estimate of drug-likeness (QED) is 0.368. The van der Waals surface area contributed by atoms with Crippen LogP contribution >= 0.6 is 0 Å². The second kappa shape index (κ2) is 9.61. The van der Waals surface area contributed by atoms with Crippen LogP contribution in [0.4, 0.5) is 5.82 Å². The normalized spacial score (nSPS) is 11.7. The third-order valence-electron chi connectivity index (χ3n) is 5.37. The number of nitrogens with one attached hydrogen (secondary N) is 1. The molecule has 0 aliphatic carbocycles. The van der Waals surface area contributed by atoms with Crippen LogP contribution in [-0.4, -0.2) is 49.3 Å². The van der Waals surface area contributed by atoms with Gasteiger partial charge in [0.05, 0.1) is 29.6 Å². The predicted molar refractivity (Wildman–Crippen MR) is 138 cm³/mol. The summed E-state index contributed by atoms with van der Waals surface area (Å²) in [6.07, 6.45) is 3.54. The van der Waals surface area contributed by atoms with Crippen molar-refractivity contribution in [2.75, 3.05) is 12.4 Å². The number of methoxy groups -OCH3 is 1. The van der Waals surface area contributed by atoms with Crippen LogP contribution in [0.25, 0.3) is 29.2 Å². The fourth-order valence-electron chi connectivity index (χ4n) is 3.75. The predicted octanol–water partition coefficient (Wildman–Crippen LogP) is 4.97. The van der Waals surface area contributed by atoms with E-state index in [0.29, 0.717) is 45.4 Å². The molecular weight excluding hydrogens is 458 g/mol. The lowest BCUT2D eigenvalue weighted by Crippen LogP contribution is -2.27. The molecule has 0 saturated heterocycles. The van der Waals surface area contributed by atoms with Crippen LogP contribution < -0.4 is 5.32 Å². The first-order valence-corrected chi connectivity index (χ1v) is 11.3. The number of esters is 1. The number of carboxylic acid groups (broad SMARTS) is 1. The molecule has 2 N–H and O–H groups in total. The molecule has 0 saturated carbocycles. The van der Waals surface area contributed by atoms with E-state index in [1.54, 1.807) is 53.1 Å². The molecule has 9 nitrogen and oxygen atoms in total. The Kier molecular flexibility index (Phi) is 6.57. The van der Waals surface area contributed by atoms with E-state index in [-0.39, 0.29) is 11.1 Å². The summed E-state index contributed by atoms with van der Waals surface area (Å²) in [6.45, 7) is 7.81. The summed E-state index contributed by atoms with van der Waals surface area (Å²) in [5, 5.41) is 17.9. The number of fused-ring (bicyclic) bond motifs is 1. The van der Waals surface area contributed by atoms with Gasteiger partial charge in [0.15, 0.2) is 5.82 Å². The highest BCUT2D eigenvalue weighted by Crippen LogP contribution is 2.32. The standard InChI is InChI=1S/C27H27N5O4/c1-16-21(15-14-17-10-6-7-11-18(17)25(35)36-5)28-26-29-22(19-12-8-9-13-20(19)24(33)34)23(32(26)31-16)30-27(2,3)4/h6-15,30H,1-5H3,(H,33,34)/b15-14+. The summed E-state index contributed by atoms with van der Waals surface area (Å²) in [5.74, 6) is -0.618. The summed E-state index contributed by atoms with van der Waals surface area (Å²) in [7, 11) is 1.34. The zero-order valence-corrected chi connectivity index (χ0v) is 20.7. The number of anilines is 1. The topological polar surface area (TPSA) is 119 Å². The summed E-state index contributed by atoms with van der Waals surface area (Å²) in [5.41, 5.74) is 3.00. The third-order valence-corrected chi connectivity index (χ3v) is 5.37. The molecule has 2 heterocycles. The first-order valence-electron chi connectivity index (χ1n) is 11.3. The van der Waals surface area contributed by atoms with Gasteiger partial charge < -0.3 is 15.2 Å². The van der Waals surface area contributed by atoms with E-state index in [1.165, 1.54) is 7.11 Å². The molecule has 0 amide bonds. The van der Waals surface area contributed by atoms with Crippen molar-refractivity contribution in [3.8, 4) is 11.3 Å². The van der Waals surface area contributed by atoms with Gasteiger partial charge in [-0.15, -0.1) is 0 Å². The Balaban J connectivity index is 1.87.